The molecule has 192 valence electrons. The first-order valence-electron chi connectivity index (χ1n) is 12.1. The Morgan fingerprint density at radius 2 is 1.49 bits per heavy atom. The Morgan fingerprint density at radius 3 is 2.05 bits per heavy atom. The highest BCUT2D eigenvalue weighted by atomic mass is 19.4. The number of halogens is 3. The SMILES string of the molecule is O=C(O)Cc1cc(N2CCN(C(=O)OCC3c4ccccc4-c4ccccc43)CC2)cc([B-](F)(F)F)c1. The summed E-state index contributed by atoms with van der Waals surface area (Å²) in [4.78, 5) is 27.2. The molecule has 3 aromatic rings. The summed E-state index contributed by atoms with van der Waals surface area (Å²) in [5.41, 5.74) is 4.08. The largest absolute Gasteiger partial charge is 0.509 e. The number of hydrogen-bond donors (Lipinski definition) is 1. The Bertz CT molecular complexity index is 1290. The van der Waals surface area contributed by atoms with Gasteiger partial charge in [0, 0.05) is 37.8 Å². The molecule has 0 bridgehead atoms. The Labute approximate surface area is 212 Å². The molecule has 6 nitrogen and oxygen atoms in total. The molecule has 1 amide bonds. The van der Waals surface area contributed by atoms with Crippen molar-refractivity contribution >= 4 is 30.2 Å². The average molecular weight is 509 g/mol. The van der Waals surface area contributed by atoms with E-state index in [1.165, 1.54) is 6.07 Å². The number of carbonyl (C=O) groups is 2. The van der Waals surface area contributed by atoms with Crippen molar-refractivity contribution in [3.05, 3.63) is 83.4 Å². The lowest BCUT2D eigenvalue weighted by molar-refractivity contribution is -0.136. The van der Waals surface area contributed by atoms with Gasteiger partial charge in [0.05, 0.1) is 6.42 Å². The zero-order chi connectivity index (χ0) is 26.2. The second-order valence-corrected chi connectivity index (χ2v) is 9.36. The third-order valence-electron chi connectivity index (χ3n) is 6.97. The van der Waals surface area contributed by atoms with Crippen molar-refractivity contribution in [1.82, 2.24) is 4.90 Å². The van der Waals surface area contributed by atoms with Crippen LogP contribution in [0.2, 0.25) is 0 Å². The molecular weight excluding hydrogens is 484 g/mol. The number of nitrogens with zero attached hydrogens (tertiary/aromatic N) is 2. The van der Waals surface area contributed by atoms with Crippen LogP contribution in [0.4, 0.5) is 23.4 Å². The molecule has 0 radical (unpaired) electrons. The minimum absolute atomic E-state index is 0.0581. The standard InChI is InChI=1S/C27H25BF3N2O4/c29-28(30,31)19-13-18(15-26(34)35)14-20(16-19)32-9-11-33(12-10-32)27(36)37-17-25-23-7-3-1-5-21(23)22-6-2-4-8-24(22)25/h1-8,13-14,16,25H,9-12,15,17H2,(H,34,35)/q-1. The summed E-state index contributed by atoms with van der Waals surface area (Å²) in [6.45, 7) is -3.89. The molecule has 10 heteroatoms. The zero-order valence-corrected chi connectivity index (χ0v) is 19.9. The fraction of sp³-hybridized carbons (Fsp3) is 0.259. The number of ether oxygens (including phenoxy) is 1. The molecule has 1 heterocycles. The van der Waals surface area contributed by atoms with E-state index in [2.05, 4.69) is 12.1 Å². The highest BCUT2D eigenvalue weighted by Crippen LogP contribution is 2.44. The van der Waals surface area contributed by atoms with Crippen LogP contribution in [0.5, 0.6) is 0 Å². The third kappa shape index (κ3) is 5.14. The van der Waals surface area contributed by atoms with Crippen LogP contribution in [0.1, 0.15) is 22.6 Å². The molecule has 1 N–H and O–H groups in total. The van der Waals surface area contributed by atoms with Gasteiger partial charge in [0.2, 0.25) is 0 Å². The van der Waals surface area contributed by atoms with Crippen LogP contribution in [0.15, 0.2) is 66.7 Å². The van der Waals surface area contributed by atoms with Crippen molar-refractivity contribution in [2.24, 2.45) is 0 Å². The maximum Gasteiger partial charge on any atom is 0.509 e. The van der Waals surface area contributed by atoms with Gasteiger partial charge < -0.3 is 32.6 Å². The molecular formula is C27H25BF3N2O4-. The molecule has 1 aliphatic heterocycles. The lowest BCUT2D eigenvalue weighted by Gasteiger charge is -2.36. The van der Waals surface area contributed by atoms with Gasteiger partial charge >= 0.3 is 19.0 Å². The summed E-state index contributed by atoms with van der Waals surface area (Å²) in [6.07, 6.45) is -0.951. The van der Waals surface area contributed by atoms with Crippen molar-refractivity contribution in [2.45, 2.75) is 12.3 Å². The van der Waals surface area contributed by atoms with Gasteiger partial charge in [0.15, 0.2) is 0 Å². The van der Waals surface area contributed by atoms with E-state index in [9.17, 15) is 22.5 Å². The van der Waals surface area contributed by atoms with Gasteiger partial charge in [-0.05, 0) is 33.9 Å². The summed E-state index contributed by atoms with van der Waals surface area (Å²) >= 11 is 0. The Hall–Kier alpha value is -3.95. The van der Waals surface area contributed by atoms with Crippen molar-refractivity contribution < 1.29 is 32.4 Å². The van der Waals surface area contributed by atoms with E-state index in [0.29, 0.717) is 18.8 Å². The molecule has 1 fully saturated rings. The van der Waals surface area contributed by atoms with Gasteiger partial charge in [-0.1, -0.05) is 60.7 Å². The summed E-state index contributed by atoms with van der Waals surface area (Å²) in [6, 6.07) is 19.5. The van der Waals surface area contributed by atoms with Crippen LogP contribution < -0.4 is 10.4 Å². The van der Waals surface area contributed by atoms with Crippen molar-refractivity contribution in [3.8, 4) is 11.1 Å². The number of amides is 1. The average Bonchev–Trinajstić information content (AvgIpc) is 3.20. The number of piperazine rings is 1. The molecule has 0 saturated carbocycles. The number of rotatable bonds is 6. The van der Waals surface area contributed by atoms with E-state index >= 15 is 0 Å². The number of fused-ring (bicyclic) bond motifs is 3. The summed E-state index contributed by atoms with van der Waals surface area (Å²) < 4.78 is 46.0. The van der Waals surface area contributed by atoms with Crippen molar-refractivity contribution in [3.63, 3.8) is 0 Å². The lowest BCUT2D eigenvalue weighted by Crippen LogP contribution is -2.49. The topological polar surface area (TPSA) is 70.1 Å². The lowest BCUT2D eigenvalue weighted by atomic mass is 9.78. The van der Waals surface area contributed by atoms with E-state index < -0.39 is 30.9 Å². The Kier molecular flexibility index (Phi) is 6.58. The quantitative estimate of drug-likeness (QED) is 0.498. The van der Waals surface area contributed by atoms with Crippen LogP contribution >= 0.6 is 0 Å². The molecule has 1 aliphatic carbocycles. The number of benzene rings is 3. The predicted octanol–water partition coefficient (Wildman–Crippen LogP) is 4.44. The normalized spacial score (nSPS) is 15.3. The first-order valence-corrected chi connectivity index (χ1v) is 12.1. The summed E-state index contributed by atoms with van der Waals surface area (Å²) in [5, 5.41) is 9.05. The predicted molar refractivity (Wildman–Crippen MR) is 135 cm³/mol. The zero-order valence-electron chi connectivity index (χ0n) is 19.9. The van der Waals surface area contributed by atoms with E-state index in [0.717, 1.165) is 34.4 Å². The number of hydrogen-bond acceptors (Lipinski definition) is 4. The minimum atomic E-state index is -5.28. The maximum absolute atomic E-state index is 13.4. The molecule has 0 atom stereocenters. The minimum Gasteiger partial charge on any atom is -0.481 e. The van der Waals surface area contributed by atoms with E-state index in [-0.39, 0.29) is 31.2 Å². The van der Waals surface area contributed by atoms with Gasteiger partial charge in [-0.2, -0.15) is 0 Å². The molecule has 2 aliphatic rings. The number of aliphatic carboxylic acids is 1. The second-order valence-electron chi connectivity index (χ2n) is 9.36. The fourth-order valence-corrected chi connectivity index (χ4v) is 5.18. The third-order valence-corrected chi connectivity index (χ3v) is 6.97. The molecule has 0 unspecified atom stereocenters. The number of carboxylic acids is 1. The summed E-state index contributed by atoms with van der Waals surface area (Å²) in [7, 11) is 0. The van der Waals surface area contributed by atoms with Gasteiger partial charge in [-0.15, -0.1) is 5.46 Å². The summed E-state index contributed by atoms with van der Waals surface area (Å²) in [5.74, 6) is -1.25. The Morgan fingerprint density at radius 1 is 0.892 bits per heavy atom. The monoisotopic (exact) mass is 509 g/mol. The number of carboxylic acid groups (broad SMARTS) is 1. The molecule has 37 heavy (non-hydrogen) atoms. The van der Waals surface area contributed by atoms with Crippen molar-refractivity contribution in [1.29, 1.82) is 0 Å². The molecule has 3 aromatic carbocycles. The Balaban J connectivity index is 1.23. The molecule has 5 rings (SSSR count). The highest BCUT2D eigenvalue weighted by Gasteiger charge is 2.31. The van der Waals surface area contributed by atoms with E-state index in [4.69, 9.17) is 9.84 Å². The van der Waals surface area contributed by atoms with Gasteiger partial charge in [-0.3, -0.25) is 4.79 Å². The van der Waals surface area contributed by atoms with Crippen LogP contribution in [0, 0.1) is 0 Å². The first kappa shape index (κ1) is 24.7. The van der Waals surface area contributed by atoms with Gasteiger partial charge in [0.1, 0.15) is 6.61 Å². The second kappa shape index (κ2) is 9.84. The maximum atomic E-state index is 13.4. The van der Waals surface area contributed by atoms with Crippen molar-refractivity contribution in [2.75, 3.05) is 37.7 Å². The van der Waals surface area contributed by atoms with Gasteiger partial charge in [0.25, 0.3) is 0 Å². The van der Waals surface area contributed by atoms with Crippen LogP contribution in [-0.4, -0.2) is 61.8 Å². The first-order chi connectivity index (χ1) is 17.7. The van der Waals surface area contributed by atoms with E-state index in [1.807, 2.05) is 36.4 Å². The van der Waals surface area contributed by atoms with Crippen LogP contribution in [0.25, 0.3) is 11.1 Å². The molecule has 1 saturated heterocycles. The number of carbonyl (C=O) groups excluding carboxylic acids is 1. The molecule has 0 spiro atoms. The smallest absolute Gasteiger partial charge is 0.481 e. The highest BCUT2D eigenvalue weighted by molar-refractivity contribution is 6.73. The number of anilines is 1. The van der Waals surface area contributed by atoms with E-state index in [1.54, 1.807) is 9.80 Å². The fourth-order valence-electron chi connectivity index (χ4n) is 5.18. The van der Waals surface area contributed by atoms with Crippen LogP contribution in [-0.2, 0) is 16.0 Å². The van der Waals surface area contributed by atoms with Crippen LogP contribution in [0.3, 0.4) is 0 Å². The molecule has 0 aromatic heterocycles. The van der Waals surface area contributed by atoms with Gasteiger partial charge in [-0.25, -0.2) is 4.79 Å².